The van der Waals surface area contributed by atoms with Gasteiger partial charge in [-0.15, -0.1) is 0 Å². The van der Waals surface area contributed by atoms with Crippen LogP contribution in [0.15, 0.2) is 5.10 Å². The van der Waals surface area contributed by atoms with E-state index in [4.69, 9.17) is 10.5 Å². The summed E-state index contributed by atoms with van der Waals surface area (Å²) in [4.78, 5) is 11.2. The number of carbonyl (C=O) groups excluding carboxylic acids is 1. The molecule has 0 saturated carbocycles. The molecule has 0 fully saturated rings. The number of hydrogen-bond acceptors (Lipinski definition) is 4. The van der Waals surface area contributed by atoms with Crippen molar-refractivity contribution < 1.29 is 9.53 Å². The molecule has 0 rings (SSSR count). The second-order valence-corrected chi connectivity index (χ2v) is 4.02. The summed E-state index contributed by atoms with van der Waals surface area (Å²) in [6, 6.07) is 0. The van der Waals surface area contributed by atoms with Crippen molar-refractivity contribution >= 4 is 29.0 Å². The summed E-state index contributed by atoms with van der Waals surface area (Å²) in [7, 11) is 0. The SMILES string of the molecule is CC(CC(=O)OCC(C)C)=NNC(N)=S. The van der Waals surface area contributed by atoms with E-state index in [1.165, 1.54) is 0 Å². The summed E-state index contributed by atoms with van der Waals surface area (Å²) in [5, 5.41) is 3.86. The first-order valence-electron chi connectivity index (χ1n) is 4.66. The lowest BCUT2D eigenvalue weighted by atomic mass is 10.2. The van der Waals surface area contributed by atoms with Gasteiger partial charge >= 0.3 is 5.97 Å². The van der Waals surface area contributed by atoms with Gasteiger partial charge in [0.15, 0.2) is 5.11 Å². The molecule has 6 heteroatoms. The van der Waals surface area contributed by atoms with Gasteiger partial charge in [0, 0.05) is 5.71 Å². The fourth-order valence-electron chi connectivity index (χ4n) is 0.710. The molecule has 0 bridgehead atoms. The summed E-state index contributed by atoms with van der Waals surface area (Å²) in [6.07, 6.45) is 0.141. The molecule has 0 aromatic carbocycles. The van der Waals surface area contributed by atoms with Crippen LogP contribution >= 0.6 is 12.2 Å². The molecule has 0 aliphatic heterocycles. The van der Waals surface area contributed by atoms with E-state index in [9.17, 15) is 4.79 Å². The Balaban J connectivity index is 3.85. The summed E-state index contributed by atoms with van der Waals surface area (Å²) in [5.74, 6) is 0.0376. The topological polar surface area (TPSA) is 76.7 Å². The number of hydrazone groups is 1. The molecule has 0 spiro atoms. The molecule has 0 atom stereocenters. The lowest BCUT2D eigenvalue weighted by Gasteiger charge is -2.06. The Kier molecular flexibility index (Phi) is 6.61. The third-order valence-corrected chi connectivity index (χ3v) is 1.43. The van der Waals surface area contributed by atoms with Crippen LogP contribution in [-0.2, 0) is 9.53 Å². The molecule has 0 aromatic rings. The number of nitrogens with one attached hydrogen (secondary N) is 1. The summed E-state index contributed by atoms with van der Waals surface area (Å²) in [5.41, 5.74) is 8.15. The first kappa shape index (κ1) is 13.8. The van der Waals surface area contributed by atoms with Gasteiger partial charge in [-0.1, -0.05) is 13.8 Å². The smallest absolute Gasteiger partial charge is 0.311 e. The molecule has 0 unspecified atom stereocenters. The number of hydrogen-bond donors (Lipinski definition) is 2. The number of nitrogens with zero attached hydrogens (tertiary/aromatic N) is 1. The number of carbonyl (C=O) groups is 1. The molecule has 0 aromatic heterocycles. The lowest BCUT2D eigenvalue weighted by Crippen LogP contribution is -2.25. The molecule has 86 valence electrons. The van der Waals surface area contributed by atoms with Crippen LogP contribution in [0.4, 0.5) is 0 Å². The largest absolute Gasteiger partial charge is 0.465 e. The zero-order valence-corrected chi connectivity index (χ0v) is 10.1. The van der Waals surface area contributed by atoms with Crippen LogP contribution in [0, 0.1) is 5.92 Å². The fourth-order valence-corrected chi connectivity index (χ4v) is 0.755. The molecular formula is C9H17N3O2S. The maximum Gasteiger partial charge on any atom is 0.311 e. The summed E-state index contributed by atoms with van der Waals surface area (Å²) < 4.78 is 4.97. The van der Waals surface area contributed by atoms with Crippen LogP contribution in [0.2, 0.25) is 0 Å². The fraction of sp³-hybridized carbons (Fsp3) is 0.667. The van der Waals surface area contributed by atoms with E-state index in [0.717, 1.165) is 0 Å². The van der Waals surface area contributed by atoms with E-state index in [2.05, 4.69) is 22.7 Å². The van der Waals surface area contributed by atoms with Crippen molar-refractivity contribution in [1.29, 1.82) is 0 Å². The van der Waals surface area contributed by atoms with Crippen LogP contribution in [-0.4, -0.2) is 23.4 Å². The highest BCUT2D eigenvalue weighted by Gasteiger charge is 2.06. The highest BCUT2D eigenvalue weighted by molar-refractivity contribution is 7.80. The molecule has 3 N–H and O–H groups in total. The van der Waals surface area contributed by atoms with Crippen molar-refractivity contribution in [2.75, 3.05) is 6.61 Å². The highest BCUT2D eigenvalue weighted by Crippen LogP contribution is 1.96. The number of ether oxygens (including phenoxy) is 1. The van der Waals surface area contributed by atoms with Gasteiger partial charge in [0.2, 0.25) is 0 Å². The Morgan fingerprint density at radius 1 is 1.60 bits per heavy atom. The van der Waals surface area contributed by atoms with Crippen LogP contribution < -0.4 is 11.2 Å². The maximum absolute atomic E-state index is 11.2. The predicted octanol–water partition coefficient (Wildman–Crippen LogP) is 0.785. The third kappa shape index (κ3) is 9.14. The normalized spacial score (nSPS) is 11.3. The van der Waals surface area contributed by atoms with Crippen LogP contribution in [0.25, 0.3) is 0 Å². The maximum atomic E-state index is 11.2. The summed E-state index contributed by atoms with van der Waals surface area (Å²) >= 11 is 4.56. The Bertz CT molecular complexity index is 264. The zero-order valence-electron chi connectivity index (χ0n) is 9.24. The standard InChI is InChI=1S/C9H17N3O2S/c1-6(2)5-14-8(13)4-7(3)11-12-9(10)15/h6H,4-5H2,1-3H3,(H3,10,12,15). The van der Waals surface area contributed by atoms with E-state index in [-0.39, 0.29) is 17.5 Å². The predicted molar refractivity (Wildman–Crippen MR) is 63.4 cm³/mol. The molecule has 5 nitrogen and oxygen atoms in total. The van der Waals surface area contributed by atoms with Crippen molar-refractivity contribution in [2.24, 2.45) is 16.8 Å². The molecule has 0 amide bonds. The minimum Gasteiger partial charge on any atom is -0.465 e. The minimum atomic E-state index is -0.297. The molecule has 0 aliphatic carbocycles. The average Bonchev–Trinajstić information content (AvgIpc) is 2.11. The van der Waals surface area contributed by atoms with Crippen molar-refractivity contribution in [1.82, 2.24) is 5.43 Å². The van der Waals surface area contributed by atoms with Gasteiger partial charge in [-0.05, 0) is 25.1 Å². The molecular weight excluding hydrogens is 214 g/mol. The first-order chi connectivity index (χ1) is 6.91. The molecule has 15 heavy (non-hydrogen) atoms. The van der Waals surface area contributed by atoms with Gasteiger partial charge in [-0.2, -0.15) is 5.10 Å². The van der Waals surface area contributed by atoms with Crippen LogP contribution in [0.5, 0.6) is 0 Å². The van der Waals surface area contributed by atoms with Crippen molar-refractivity contribution in [3.05, 3.63) is 0 Å². The number of esters is 1. The van der Waals surface area contributed by atoms with E-state index < -0.39 is 0 Å². The molecule has 0 heterocycles. The molecule has 0 saturated heterocycles. The number of thiocarbonyl (C=S) groups is 1. The van der Waals surface area contributed by atoms with Crippen molar-refractivity contribution in [2.45, 2.75) is 27.2 Å². The Morgan fingerprint density at radius 3 is 2.67 bits per heavy atom. The zero-order chi connectivity index (χ0) is 11.8. The van der Waals surface area contributed by atoms with Gasteiger partial charge in [-0.3, -0.25) is 10.2 Å². The van der Waals surface area contributed by atoms with Gasteiger partial charge < -0.3 is 10.5 Å². The lowest BCUT2D eigenvalue weighted by molar-refractivity contribution is -0.143. The van der Waals surface area contributed by atoms with E-state index in [0.29, 0.717) is 18.2 Å². The Hall–Kier alpha value is -1.17. The second-order valence-electron chi connectivity index (χ2n) is 3.58. The second kappa shape index (κ2) is 7.17. The van der Waals surface area contributed by atoms with Gasteiger partial charge in [-0.25, -0.2) is 0 Å². The van der Waals surface area contributed by atoms with E-state index in [1.807, 2.05) is 13.8 Å². The van der Waals surface area contributed by atoms with Gasteiger partial charge in [0.05, 0.1) is 13.0 Å². The van der Waals surface area contributed by atoms with Gasteiger partial charge in [0.25, 0.3) is 0 Å². The number of rotatable bonds is 5. The summed E-state index contributed by atoms with van der Waals surface area (Å²) in [6.45, 7) is 6.07. The Morgan fingerprint density at radius 2 is 2.20 bits per heavy atom. The number of nitrogens with two attached hydrogens (primary N) is 1. The van der Waals surface area contributed by atoms with E-state index >= 15 is 0 Å². The van der Waals surface area contributed by atoms with Crippen molar-refractivity contribution in [3.63, 3.8) is 0 Å². The minimum absolute atomic E-state index is 0.0740. The monoisotopic (exact) mass is 231 g/mol. The highest BCUT2D eigenvalue weighted by atomic mass is 32.1. The Labute approximate surface area is 95.0 Å². The molecule has 0 radical (unpaired) electrons. The van der Waals surface area contributed by atoms with Crippen LogP contribution in [0.1, 0.15) is 27.2 Å². The third-order valence-electron chi connectivity index (χ3n) is 1.33. The van der Waals surface area contributed by atoms with E-state index in [1.54, 1.807) is 6.92 Å². The average molecular weight is 231 g/mol. The first-order valence-corrected chi connectivity index (χ1v) is 5.07. The van der Waals surface area contributed by atoms with Gasteiger partial charge in [0.1, 0.15) is 0 Å². The quantitative estimate of drug-likeness (QED) is 0.316. The van der Waals surface area contributed by atoms with Crippen molar-refractivity contribution in [3.8, 4) is 0 Å². The van der Waals surface area contributed by atoms with Crippen LogP contribution in [0.3, 0.4) is 0 Å². The molecule has 0 aliphatic rings.